The summed E-state index contributed by atoms with van der Waals surface area (Å²) in [5.41, 5.74) is -0.514. The van der Waals surface area contributed by atoms with Gasteiger partial charge in [-0.1, -0.05) is 0 Å². The highest BCUT2D eigenvalue weighted by Gasteiger charge is 2.20. The van der Waals surface area contributed by atoms with E-state index in [2.05, 4.69) is 5.32 Å². The molecular weight excluding hydrogens is 262 g/mol. The summed E-state index contributed by atoms with van der Waals surface area (Å²) in [5, 5.41) is 2.63. The fraction of sp³-hybridized carbons (Fsp3) is 0.846. The van der Waals surface area contributed by atoms with Crippen LogP contribution in [0.3, 0.4) is 0 Å². The van der Waals surface area contributed by atoms with Gasteiger partial charge in [0.05, 0.1) is 13.2 Å². The number of ether oxygens (including phenoxy) is 2. The van der Waals surface area contributed by atoms with Crippen molar-refractivity contribution < 1.29 is 19.1 Å². The first-order valence-corrected chi connectivity index (χ1v) is 6.84. The molecule has 0 aromatic carbocycles. The molecule has 0 spiro atoms. The normalized spacial score (nSPS) is 15.7. The molecule has 1 aliphatic heterocycles. The van der Waals surface area contributed by atoms with Crippen molar-refractivity contribution in [3.8, 4) is 0 Å². The summed E-state index contributed by atoms with van der Waals surface area (Å²) in [7, 11) is 1.72. The Morgan fingerprint density at radius 1 is 1.30 bits per heavy atom. The number of nitrogens with one attached hydrogen (secondary N) is 1. The Balaban J connectivity index is 2.23. The van der Waals surface area contributed by atoms with Gasteiger partial charge in [-0.05, 0) is 20.8 Å². The van der Waals surface area contributed by atoms with Gasteiger partial charge >= 0.3 is 12.1 Å². The van der Waals surface area contributed by atoms with Crippen molar-refractivity contribution in [2.45, 2.75) is 26.4 Å². The van der Waals surface area contributed by atoms with Crippen LogP contribution in [-0.2, 0) is 9.47 Å². The first kappa shape index (κ1) is 16.6. The van der Waals surface area contributed by atoms with Crippen LogP contribution in [0.25, 0.3) is 0 Å². The highest BCUT2D eigenvalue weighted by molar-refractivity contribution is 5.74. The van der Waals surface area contributed by atoms with Crippen molar-refractivity contribution in [1.82, 2.24) is 15.1 Å². The molecule has 0 atom stereocenters. The van der Waals surface area contributed by atoms with E-state index in [-0.39, 0.29) is 6.03 Å². The largest absolute Gasteiger partial charge is 0.444 e. The predicted molar refractivity (Wildman–Crippen MR) is 74.7 cm³/mol. The number of morpholine rings is 1. The van der Waals surface area contributed by atoms with Crippen LogP contribution in [0.4, 0.5) is 9.59 Å². The molecule has 0 aromatic rings. The Morgan fingerprint density at radius 3 is 2.45 bits per heavy atom. The lowest BCUT2D eigenvalue weighted by Gasteiger charge is -2.31. The number of amides is 3. The van der Waals surface area contributed by atoms with Gasteiger partial charge in [0.1, 0.15) is 5.60 Å². The van der Waals surface area contributed by atoms with Crippen molar-refractivity contribution in [1.29, 1.82) is 0 Å². The molecule has 0 unspecified atom stereocenters. The molecule has 0 bridgehead atoms. The lowest BCUT2D eigenvalue weighted by atomic mass is 10.2. The smallest absolute Gasteiger partial charge is 0.407 e. The summed E-state index contributed by atoms with van der Waals surface area (Å²) >= 11 is 0. The minimum atomic E-state index is -0.514. The summed E-state index contributed by atoms with van der Waals surface area (Å²) in [5.74, 6) is 0. The second-order valence-electron chi connectivity index (χ2n) is 5.73. The van der Waals surface area contributed by atoms with Crippen molar-refractivity contribution in [3.63, 3.8) is 0 Å². The lowest BCUT2D eigenvalue weighted by molar-refractivity contribution is 0.0442. The van der Waals surface area contributed by atoms with Crippen LogP contribution in [0.1, 0.15) is 20.8 Å². The summed E-state index contributed by atoms with van der Waals surface area (Å²) in [4.78, 5) is 26.8. The number of alkyl carbamates (subject to hydrolysis) is 1. The van der Waals surface area contributed by atoms with Crippen molar-refractivity contribution >= 4 is 12.1 Å². The zero-order chi connectivity index (χ0) is 15.2. The average molecular weight is 287 g/mol. The van der Waals surface area contributed by atoms with Gasteiger partial charge in [0.25, 0.3) is 0 Å². The van der Waals surface area contributed by atoms with Gasteiger partial charge in [-0.25, -0.2) is 9.59 Å². The molecule has 1 aliphatic rings. The first-order valence-electron chi connectivity index (χ1n) is 6.84. The molecule has 0 aliphatic carbocycles. The highest BCUT2D eigenvalue weighted by atomic mass is 16.6. The molecule has 20 heavy (non-hydrogen) atoms. The van der Waals surface area contributed by atoms with Crippen molar-refractivity contribution in [2.75, 3.05) is 46.4 Å². The minimum Gasteiger partial charge on any atom is -0.444 e. The SMILES string of the molecule is CN(CCNC(=O)OC(C)(C)C)C(=O)N1CCOCC1. The van der Waals surface area contributed by atoms with Gasteiger partial charge in [0.2, 0.25) is 0 Å². The molecule has 0 radical (unpaired) electrons. The maximum Gasteiger partial charge on any atom is 0.407 e. The zero-order valence-corrected chi connectivity index (χ0v) is 12.8. The van der Waals surface area contributed by atoms with Crippen LogP contribution in [0, 0.1) is 0 Å². The van der Waals surface area contributed by atoms with E-state index < -0.39 is 11.7 Å². The van der Waals surface area contributed by atoms with E-state index in [4.69, 9.17) is 9.47 Å². The van der Waals surface area contributed by atoms with Gasteiger partial charge in [-0.3, -0.25) is 0 Å². The monoisotopic (exact) mass is 287 g/mol. The van der Waals surface area contributed by atoms with Crippen molar-refractivity contribution in [2.24, 2.45) is 0 Å². The van der Waals surface area contributed by atoms with Gasteiger partial charge in [0.15, 0.2) is 0 Å². The van der Waals surface area contributed by atoms with Gasteiger partial charge in [-0.15, -0.1) is 0 Å². The maximum atomic E-state index is 12.1. The molecule has 1 N–H and O–H groups in total. The Labute approximate surface area is 120 Å². The van der Waals surface area contributed by atoms with Crippen LogP contribution in [0.5, 0.6) is 0 Å². The predicted octanol–water partition coefficient (Wildman–Crippen LogP) is 0.895. The van der Waals surface area contributed by atoms with Gasteiger partial charge < -0.3 is 24.6 Å². The number of urea groups is 1. The Morgan fingerprint density at radius 2 is 1.90 bits per heavy atom. The third-order valence-corrected chi connectivity index (χ3v) is 2.72. The maximum absolute atomic E-state index is 12.1. The molecule has 1 saturated heterocycles. The minimum absolute atomic E-state index is 0.0423. The number of likely N-dealkylation sites (N-methyl/N-ethyl adjacent to an activating group) is 1. The summed E-state index contributed by atoms with van der Waals surface area (Å²) in [6, 6.07) is -0.0423. The quantitative estimate of drug-likeness (QED) is 0.837. The molecule has 1 rings (SSSR count). The van der Waals surface area contributed by atoms with Crippen molar-refractivity contribution in [3.05, 3.63) is 0 Å². The lowest BCUT2D eigenvalue weighted by Crippen LogP contribution is -2.48. The van der Waals surface area contributed by atoms with Crippen LogP contribution >= 0.6 is 0 Å². The molecule has 7 heteroatoms. The molecule has 1 heterocycles. The molecule has 0 saturated carbocycles. The van der Waals surface area contributed by atoms with E-state index in [1.807, 2.05) is 0 Å². The highest BCUT2D eigenvalue weighted by Crippen LogP contribution is 2.06. The van der Waals surface area contributed by atoms with Crippen LogP contribution in [0.2, 0.25) is 0 Å². The second kappa shape index (κ2) is 7.33. The average Bonchev–Trinajstić information content (AvgIpc) is 2.36. The first-order chi connectivity index (χ1) is 9.29. The van der Waals surface area contributed by atoms with E-state index in [9.17, 15) is 9.59 Å². The zero-order valence-electron chi connectivity index (χ0n) is 12.8. The Hall–Kier alpha value is -1.50. The topological polar surface area (TPSA) is 71.1 Å². The summed E-state index contributed by atoms with van der Waals surface area (Å²) in [6.07, 6.45) is -0.468. The molecule has 116 valence electrons. The molecule has 3 amide bonds. The van der Waals surface area contributed by atoms with Crippen LogP contribution in [-0.4, -0.2) is 74.0 Å². The van der Waals surface area contributed by atoms with E-state index >= 15 is 0 Å². The summed E-state index contributed by atoms with van der Waals surface area (Å²) in [6.45, 7) is 8.61. The van der Waals surface area contributed by atoms with E-state index in [1.165, 1.54) is 0 Å². The number of nitrogens with zero attached hydrogens (tertiary/aromatic N) is 2. The number of rotatable bonds is 3. The second-order valence-corrected chi connectivity index (χ2v) is 5.73. The van der Waals surface area contributed by atoms with E-state index in [1.54, 1.807) is 37.6 Å². The Kier molecular flexibility index (Phi) is 6.06. The molecule has 1 fully saturated rings. The van der Waals surface area contributed by atoms with Crippen LogP contribution < -0.4 is 5.32 Å². The number of carbonyl (C=O) groups is 2. The number of carbonyl (C=O) groups excluding carboxylic acids is 2. The van der Waals surface area contributed by atoms with Gasteiger partial charge in [-0.2, -0.15) is 0 Å². The number of hydrogen-bond donors (Lipinski definition) is 1. The fourth-order valence-corrected chi connectivity index (χ4v) is 1.73. The van der Waals surface area contributed by atoms with Crippen LogP contribution in [0.15, 0.2) is 0 Å². The van der Waals surface area contributed by atoms with E-state index in [0.717, 1.165) is 0 Å². The van der Waals surface area contributed by atoms with E-state index in [0.29, 0.717) is 39.4 Å². The third kappa shape index (κ3) is 6.10. The standard InChI is InChI=1S/C13H25N3O4/c1-13(2,3)20-11(17)14-5-6-15(4)12(18)16-7-9-19-10-8-16/h5-10H2,1-4H3,(H,14,17). The summed E-state index contributed by atoms with van der Waals surface area (Å²) < 4.78 is 10.3. The number of hydrogen-bond acceptors (Lipinski definition) is 4. The molecule has 0 aromatic heterocycles. The Bertz CT molecular complexity index is 335. The third-order valence-electron chi connectivity index (χ3n) is 2.72. The van der Waals surface area contributed by atoms with Gasteiger partial charge in [0, 0.05) is 33.2 Å². The molecular formula is C13H25N3O4. The fourth-order valence-electron chi connectivity index (χ4n) is 1.73. The molecule has 7 nitrogen and oxygen atoms in total.